The first kappa shape index (κ1) is 22.8. The number of piperidine rings is 1. The van der Waals surface area contributed by atoms with Gasteiger partial charge in [-0.1, -0.05) is 109 Å². The Labute approximate surface area is 221 Å². The van der Waals surface area contributed by atoms with E-state index in [4.69, 9.17) is 0 Å². The van der Waals surface area contributed by atoms with Crippen LogP contribution in [0, 0.1) is 0 Å². The lowest BCUT2D eigenvalue weighted by molar-refractivity contribution is -0.131. The molecule has 3 atom stereocenters. The first-order valence-electron chi connectivity index (χ1n) is 13.0. The van der Waals surface area contributed by atoms with Crippen LogP contribution in [0.15, 0.2) is 109 Å². The Morgan fingerprint density at radius 1 is 0.763 bits per heavy atom. The van der Waals surface area contributed by atoms with E-state index in [9.17, 15) is 14.7 Å². The molecule has 0 spiro atoms. The van der Waals surface area contributed by atoms with Gasteiger partial charge in [0.15, 0.2) is 0 Å². The molecule has 2 N–H and O–H groups in total. The molecule has 4 aromatic carbocycles. The molecule has 38 heavy (non-hydrogen) atoms. The van der Waals surface area contributed by atoms with Gasteiger partial charge in [-0.2, -0.15) is 0 Å². The Balaban J connectivity index is 1.51. The fourth-order valence-electron chi connectivity index (χ4n) is 6.74. The van der Waals surface area contributed by atoms with Gasteiger partial charge in [0.1, 0.15) is 11.6 Å². The molecular formula is C32H27N3O3. The molecule has 2 heterocycles. The number of fused-ring (bicyclic) bond motifs is 4. The number of urea groups is 1. The van der Waals surface area contributed by atoms with Gasteiger partial charge >= 0.3 is 6.03 Å². The SMILES string of the molecule is O=C1NC[C@@H](O)[C@@H]2[C@@H]1N(C1(c3ccccc3)c3ccccc3-c3ccccc31)C(=O)N2Cc1ccccc1. The van der Waals surface area contributed by atoms with E-state index in [1.807, 2.05) is 84.9 Å². The zero-order chi connectivity index (χ0) is 25.9. The predicted molar refractivity (Wildman–Crippen MR) is 144 cm³/mol. The number of hydrogen-bond acceptors (Lipinski definition) is 3. The summed E-state index contributed by atoms with van der Waals surface area (Å²) in [6.45, 7) is 0.410. The highest BCUT2D eigenvalue weighted by Crippen LogP contribution is 2.56. The average Bonchev–Trinajstić information content (AvgIpc) is 3.42. The van der Waals surface area contributed by atoms with Crippen LogP contribution >= 0.6 is 0 Å². The molecule has 0 aromatic heterocycles. The first-order chi connectivity index (χ1) is 18.6. The molecular weight excluding hydrogens is 474 g/mol. The quantitative estimate of drug-likeness (QED) is 0.442. The number of amides is 3. The van der Waals surface area contributed by atoms with Crippen LogP contribution in [0.4, 0.5) is 4.79 Å². The van der Waals surface area contributed by atoms with Gasteiger partial charge < -0.3 is 15.3 Å². The summed E-state index contributed by atoms with van der Waals surface area (Å²) in [5.41, 5.74) is 4.78. The lowest BCUT2D eigenvalue weighted by atomic mass is 9.77. The van der Waals surface area contributed by atoms with Crippen molar-refractivity contribution in [2.24, 2.45) is 0 Å². The molecule has 4 aromatic rings. The monoisotopic (exact) mass is 501 g/mol. The zero-order valence-electron chi connectivity index (χ0n) is 20.7. The van der Waals surface area contributed by atoms with E-state index < -0.39 is 23.7 Å². The van der Waals surface area contributed by atoms with Crippen molar-refractivity contribution in [3.63, 3.8) is 0 Å². The van der Waals surface area contributed by atoms with Crippen molar-refractivity contribution in [2.75, 3.05) is 6.54 Å². The van der Waals surface area contributed by atoms with Crippen LogP contribution in [0.3, 0.4) is 0 Å². The summed E-state index contributed by atoms with van der Waals surface area (Å²) < 4.78 is 0. The van der Waals surface area contributed by atoms with Crippen LogP contribution < -0.4 is 5.32 Å². The zero-order valence-corrected chi connectivity index (χ0v) is 20.7. The molecule has 1 aliphatic carbocycles. The minimum Gasteiger partial charge on any atom is -0.389 e. The summed E-state index contributed by atoms with van der Waals surface area (Å²) in [5.74, 6) is -0.249. The third kappa shape index (κ3) is 3.04. The molecule has 2 saturated heterocycles. The van der Waals surface area contributed by atoms with Crippen molar-refractivity contribution in [2.45, 2.75) is 30.3 Å². The normalized spacial score (nSPS) is 23.0. The summed E-state index contributed by atoms with van der Waals surface area (Å²) in [6, 6.07) is 34.1. The fourth-order valence-corrected chi connectivity index (χ4v) is 6.74. The summed E-state index contributed by atoms with van der Waals surface area (Å²) in [7, 11) is 0. The van der Waals surface area contributed by atoms with E-state index in [1.165, 1.54) is 0 Å². The number of nitrogens with zero attached hydrogens (tertiary/aromatic N) is 2. The van der Waals surface area contributed by atoms with Gasteiger partial charge in [0, 0.05) is 13.1 Å². The highest BCUT2D eigenvalue weighted by Gasteiger charge is 2.63. The Kier molecular flexibility index (Phi) is 5.13. The second-order valence-electron chi connectivity index (χ2n) is 10.2. The molecule has 6 nitrogen and oxygen atoms in total. The average molecular weight is 502 g/mol. The number of carbonyl (C=O) groups excluding carboxylic acids is 2. The molecule has 3 amide bonds. The lowest BCUT2D eigenvalue weighted by Gasteiger charge is -2.44. The van der Waals surface area contributed by atoms with Gasteiger partial charge in [-0.05, 0) is 33.4 Å². The van der Waals surface area contributed by atoms with Crippen molar-refractivity contribution in [3.8, 4) is 11.1 Å². The topological polar surface area (TPSA) is 72.9 Å². The standard InChI is InChI=1S/C32H27N3O3/c36-27-19-33-30(37)29-28(27)34(20-21-11-3-1-4-12-21)31(38)35(29)32(22-13-5-2-6-14-22)25-17-9-7-15-23(25)24-16-8-10-18-26(24)32/h1-18,27-29,36H,19-20H2,(H,33,37)/t27-,28-,29+/m1/s1. The van der Waals surface area contributed by atoms with Crippen molar-refractivity contribution in [3.05, 3.63) is 131 Å². The molecule has 3 aliphatic rings. The van der Waals surface area contributed by atoms with Crippen LogP contribution in [0.5, 0.6) is 0 Å². The summed E-state index contributed by atoms with van der Waals surface area (Å²) in [6.07, 6.45) is -0.893. The number of aliphatic hydroxyl groups is 1. The molecule has 0 unspecified atom stereocenters. The van der Waals surface area contributed by atoms with E-state index in [0.717, 1.165) is 33.4 Å². The summed E-state index contributed by atoms with van der Waals surface area (Å²) >= 11 is 0. The van der Waals surface area contributed by atoms with Crippen LogP contribution in [-0.4, -0.2) is 51.6 Å². The molecule has 188 valence electrons. The molecule has 6 heteroatoms. The second-order valence-corrected chi connectivity index (χ2v) is 10.2. The minimum atomic E-state index is -1.05. The van der Waals surface area contributed by atoms with E-state index in [-0.39, 0.29) is 18.5 Å². The largest absolute Gasteiger partial charge is 0.389 e. The van der Waals surface area contributed by atoms with Crippen molar-refractivity contribution in [1.82, 2.24) is 15.1 Å². The lowest BCUT2D eigenvalue weighted by Crippen LogP contribution is -2.64. The fraction of sp³-hybridized carbons (Fsp3) is 0.188. The number of nitrogens with one attached hydrogen (secondary N) is 1. The highest BCUT2D eigenvalue weighted by atomic mass is 16.3. The van der Waals surface area contributed by atoms with Crippen LogP contribution in [0.2, 0.25) is 0 Å². The smallest absolute Gasteiger partial charge is 0.322 e. The third-order valence-electron chi connectivity index (χ3n) is 8.23. The molecule has 0 bridgehead atoms. The van der Waals surface area contributed by atoms with Gasteiger partial charge in [-0.25, -0.2) is 4.79 Å². The maximum atomic E-state index is 14.7. The Hall–Kier alpha value is -4.42. The molecule has 2 aliphatic heterocycles. The minimum absolute atomic E-state index is 0.109. The van der Waals surface area contributed by atoms with Gasteiger partial charge in [-0.3, -0.25) is 9.69 Å². The Morgan fingerprint density at radius 2 is 1.32 bits per heavy atom. The number of β-amino-alcohol motifs (C(OH)–C–C–N with tert-alkyl or cyclic N) is 1. The van der Waals surface area contributed by atoms with Gasteiger partial charge in [0.2, 0.25) is 5.91 Å². The van der Waals surface area contributed by atoms with E-state index in [1.54, 1.807) is 9.80 Å². The molecule has 0 radical (unpaired) electrons. The number of aliphatic hydroxyl groups excluding tert-OH is 1. The third-order valence-corrected chi connectivity index (χ3v) is 8.23. The second kappa shape index (κ2) is 8.57. The molecule has 7 rings (SSSR count). The number of rotatable bonds is 4. The maximum absolute atomic E-state index is 14.7. The van der Waals surface area contributed by atoms with Crippen LogP contribution in [-0.2, 0) is 16.9 Å². The molecule has 0 saturated carbocycles. The van der Waals surface area contributed by atoms with E-state index in [2.05, 4.69) is 29.6 Å². The molecule has 2 fully saturated rings. The number of hydrogen-bond donors (Lipinski definition) is 2. The van der Waals surface area contributed by atoms with Crippen LogP contribution in [0.25, 0.3) is 11.1 Å². The van der Waals surface area contributed by atoms with E-state index >= 15 is 0 Å². The highest BCUT2D eigenvalue weighted by molar-refractivity contribution is 5.96. The number of carbonyl (C=O) groups is 2. The van der Waals surface area contributed by atoms with Gasteiger partial charge in [0.05, 0.1) is 12.1 Å². The summed E-state index contributed by atoms with van der Waals surface area (Å²) in [5, 5.41) is 14.1. The van der Waals surface area contributed by atoms with Crippen molar-refractivity contribution in [1.29, 1.82) is 0 Å². The van der Waals surface area contributed by atoms with Crippen LogP contribution in [0.1, 0.15) is 22.3 Å². The van der Waals surface area contributed by atoms with Crippen molar-refractivity contribution >= 4 is 11.9 Å². The summed E-state index contributed by atoms with van der Waals surface area (Å²) in [4.78, 5) is 31.8. The van der Waals surface area contributed by atoms with E-state index in [0.29, 0.717) is 6.54 Å². The Bertz CT molecular complexity index is 1490. The first-order valence-corrected chi connectivity index (χ1v) is 13.0. The van der Waals surface area contributed by atoms with Gasteiger partial charge in [-0.15, -0.1) is 0 Å². The van der Waals surface area contributed by atoms with Crippen molar-refractivity contribution < 1.29 is 14.7 Å². The van der Waals surface area contributed by atoms with Gasteiger partial charge in [0.25, 0.3) is 0 Å². The Morgan fingerprint density at radius 3 is 1.95 bits per heavy atom. The predicted octanol–water partition coefficient (Wildman–Crippen LogP) is 4.12. The maximum Gasteiger partial charge on any atom is 0.322 e. The number of benzene rings is 4.